The van der Waals surface area contributed by atoms with Crippen molar-refractivity contribution in [2.45, 2.75) is 78.1 Å². The molecule has 0 aliphatic carbocycles. The summed E-state index contributed by atoms with van der Waals surface area (Å²) in [5, 5.41) is 0. The summed E-state index contributed by atoms with van der Waals surface area (Å²) in [6.07, 6.45) is 12.2. The lowest BCUT2D eigenvalue weighted by molar-refractivity contribution is -0.108. The van der Waals surface area contributed by atoms with Crippen molar-refractivity contribution < 1.29 is 14.3 Å². The fraction of sp³-hybridized carbons (Fsp3) is 0.452. The summed E-state index contributed by atoms with van der Waals surface area (Å²) < 4.78 is 11.5. The van der Waals surface area contributed by atoms with Crippen molar-refractivity contribution in [3.8, 4) is 35.2 Å². The van der Waals surface area contributed by atoms with E-state index in [0.717, 1.165) is 48.7 Å². The monoisotopic (exact) mass is 458 g/mol. The van der Waals surface area contributed by atoms with E-state index in [4.69, 9.17) is 9.47 Å². The van der Waals surface area contributed by atoms with Crippen molar-refractivity contribution >= 4 is 5.78 Å². The van der Waals surface area contributed by atoms with E-state index in [1.807, 2.05) is 48.5 Å². The second-order valence-corrected chi connectivity index (χ2v) is 8.40. The molecule has 2 aromatic rings. The number of hydrogen-bond donors (Lipinski definition) is 0. The summed E-state index contributed by atoms with van der Waals surface area (Å²) in [5.41, 5.74) is 1.53. The molecule has 0 saturated heterocycles. The maximum Gasteiger partial charge on any atom is 0.279 e. The summed E-state index contributed by atoms with van der Waals surface area (Å²) in [6.45, 7) is 5.89. The third-order valence-electron chi connectivity index (χ3n) is 5.38. The fourth-order valence-corrected chi connectivity index (χ4v) is 3.35. The zero-order valence-electron chi connectivity index (χ0n) is 20.8. The second kappa shape index (κ2) is 17.3. The van der Waals surface area contributed by atoms with Gasteiger partial charge < -0.3 is 9.47 Å². The summed E-state index contributed by atoms with van der Waals surface area (Å²) in [4.78, 5) is 12.0. The van der Waals surface area contributed by atoms with Gasteiger partial charge in [0.15, 0.2) is 0 Å². The zero-order valence-corrected chi connectivity index (χ0v) is 20.8. The van der Waals surface area contributed by atoms with Gasteiger partial charge in [0.2, 0.25) is 0 Å². The largest absolute Gasteiger partial charge is 0.494 e. The molecule has 3 heteroatoms. The third kappa shape index (κ3) is 12.2. The smallest absolute Gasteiger partial charge is 0.279 e. The molecule has 0 aliphatic rings. The highest BCUT2D eigenvalue weighted by molar-refractivity contribution is 6.09. The highest BCUT2D eigenvalue weighted by atomic mass is 16.5. The maximum atomic E-state index is 12.0. The van der Waals surface area contributed by atoms with Gasteiger partial charge in [-0.25, -0.2) is 0 Å². The first kappa shape index (κ1) is 27.1. The number of carbonyl (C=O) groups is 1. The van der Waals surface area contributed by atoms with Gasteiger partial charge in [-0.3, -0.25) is 4.79 Å². The van der Waals surface area contributed by atoms with Crippen LogP contribution in [0, 0.1) is 23.7 Å². The molecule has 2 rings (SSSR count). The molecule has 0 amide bonds. The second-order valence-electron chi connectivity index (χ2n) is 8.40. The Bertz CT molecular complexity index is 871. The van der Waals surface area contributed by atoms with E-state index in [9.17, 15) is 4.79 Å². The Balaban J connectivity index is 1.73. The lowest BCUT2D eigenvalue weighted by Gasteiger charge is -2.05. The van der Waals surface area contributed by atoms with Crippen molar-refractivity contribution in [2.75, 3.05) is 13.2 Å². The van der Waals surface area contributed by atoms with Gasteiger partial charge in [-0.05, 0) is 73.2 Å². The van der Waals surface area contributed by atoms with E-state index >= 15 is 0 Å². The number of benzene rings is 2. The minimum atomic E-state index is -0.403. The minimum absolute atomic E-state index is 0.403. The minimum Gasteiger partial charge on any atom is -0.494 e. The van der Waals surface area contributed by atoms with Gasteiger partial charge in [0.1, 0.15) is 11.5 Å². The van der Waals surface area contributed by atoms with Crippen LogP contribution in [0.3, 0.4) is 0 Å². The van der Waals surface area contributed by atoms with Gasteiger partial charge in [0, 0.05) is 11.1 Å². The van der Waals surface area contributed by atoms with Crippen LogP contribution in [0.5, 0.6) is 11.5 Å². The van der Waals surface area contributed by atoms with Gasteiger partial charge in [0.25, 0.3) is 5.78 Å². The van der Waals surface area contributed by atoms with Gasteiger partial charge in [-0.1, -0.05) is 77.1 Å². The molecule has 0 N–H and O–H groups in total. The van der Waals surface area contributed by atoms with Crippen LogP contribution in [0.1, 0.15) is 89.2 Å². The highest BCUT2D eigenvalue weighted by Gasteiger charge is 1.97. The van der Waals surface area contributed by atoms with Crippen LogP contribution in [0.4, 0.5) is 0 Å². The van der Waals surface area contributed by atoms with Gasteiger partial charge >= 0.3 is 0 Å². The Hall–Kier alpha value is -3.17. The molecular weight excluding hydrogens is 420 g/mol. The van der Waals surface area contributed by atoms with E-state index < -0.39 is 5.78 Å². The van der Waals surface area contributed by atoms with Crippen LogP contribution >= 0.6 is 0 Å². The van der Waals surface area contributed by atoms with E-state index in [1.54, 1.807) is 0 Å². The lowest BCUT2D eigenvalue weighted by atomic mass is 10.2. The zero-order chi connectivity index (χ0) is 24.3. The standard InChI is InChI=1S/C31H38O3/c1-3-5-7-9-11-25-33-30-21-15-27(16-22-30)13-19-29(32)20-14-28-17-23-31(24-18-28)34-26-12-10-8-6-4-2/h15-18,21-24H,3-12,25-26H2,1-2H3. The van der Waals surface area contributed by atoms with Crippen molar-refractivity contribution in [1.29, 1.82) is 0 Å². The fourth-order valence-electron chi connectivity index (χ4n) is 3.35. The van der Waals surface area contributed by atoms with Crippen LogP contribution in [0.15, 0.2) is 48.5 Å². The topological polar surface area (TPSA) is 35.5 Å². The van der Waals surface area contributed by atoms with E-state index in [0.29, 0.717) is 0 Å². The number of ketones is 1. The SMILES string of the molecule is CCCCCCCOc1ccc(C#CC(=O)C#Cc2ccc(OCCCCCCC)cc2)cc1. The van der Waals surface area contributed by atoms with Gasteiger partial charge in [0.05, 0.1) is 13.2 Å². The first-order chi connectivity index (χ1) is 16.7. The number of carbonyl (C=O) groups excluding carboxylic acids is 1. The maximum absolute atomic E-state index is 12.0. The molecule has 0 atom stereocenters. The normalized spacial score (nSPS) is 9.94. The quantitative estimate of drug-likeness (QED) is 0.219. The van der Waals surface area contributed by atoms with Crippen molar-refractivity contribution in [3.05, 3.63) is 59.7 Å². The molecule has 0 aromatic heterocycles. The van der Waals surface area contributed by atoms with Gasteiger partial charge in [-0.15, -0.1) is 0 Å². The van der Waals surface area contributed by atoms with Crippen LogP contribution in [-0.2, 0) is 4.79 Å². The summed E-state index contributed by atoms with van der Waals surface area (Å²) in [5.74, 6) is 12.2. The predicted octanol–water partition coefficient (Wildman–Crippen LogP) is 7.36. The van der Waals surface area contributed by atoms with E-state index in [1.165, 1.54) is 51.4 Å². The van der Waals surface area contributed by atoms with Crippen LogP contribution in [-0.4, -0.2) is 19.0 Å². The molecule has 180 valence electrons. The molecule has 0 fully saturated rings. The number of unbranched alkanes of at least 4 members (excludes halogenated alkanes) is 8. The molecule has 0 saturated carbocycles. The van der Waals surface area contributed by atoms with E-state index in [-0.39, 0.29) is 0 Å². The van der Waals surface area contributed by atoms with Crippen LogP contribution in [0.25, 0.3) is 0 Å². The summed E-state index contributed by atoms with van der Waals surface area (Å²) in [6, 6.07) is 15.0. The van der Waals surface area contributed by atoms with Crippen molar-refractivity contribution in [3.63, 3.8) is 0 Å². The van der Waals surface area contributed by atoms with Crippen molar-refractivity contribution in [1.82, 2.24) is 0 Å². The Morgan fingerprint density at radius 1 is 0.588 bits per heavy atom. The number of rotatable bonds is 14. The summed E-state index contributed by atoms with van der Waals surface area (Å²) in [7, 11) is 0. The number of hydrogen-bond acceptors (Lipinski definition) is 3. The van der Waals surface area contributed by atoms with Crippen LogP contribution in [0.2, 0.25) is 0 Å². The first-order valence-electron chi connectivity index (χ1n) is 12.7. The Labute approximate surface area is 206 Å². The van der Waals surface area contributed by atoms with E-state index in [2.05, 4.69) is 37.5 Å². The average Bonchev–Trinajstić information content (AvgIpc) is 2.87. The third-order valence-corrected chi connectivity index (χ3v) is 5.38. The van der Waals surface area contributed by atoms with Crippen molar-refractivity contribution in [2.24, 2.45) is 0 Å². The van der Waals surface area contributed by atoms with Crippen LogP contribution < -0.4 is 9.47 Å². The highest BCUT2D eigenvalue weighted by Crippen LogP contribution is 2.14. The molecule has 0 aliphatic heterocycles. The molecule has 2 aromatic carbocycles. The summed E-state index contributed by atoms with van der Waals surface area (Å²) >= 11 is 0. The molecular formula is C31H38O3. The molecule has 3 nitrogen and oxygen atoms in total. The molecule has 0 radical (unpaired) electrons. The molecule has 0 heterocycles. The predicted molar refractivity (Wildman–Crippen MR) is 140 cm³/mol. The molecule has 0 spiro atoms. The average molecular weight is 459 g/mol. The molecule has 0 unspecified atom stereocenters. The first-order valence-corrected chi connectivity index (χ1v) is 12.7. The molecule has 0 bridgehead atoms. The Morgan fingerprint density at radius 2 is 0.971 bits per heavy atom. The van der Waals surface area contributed by atoms with Gasteiger partial charge in [-0.2, -0.15) is 0 Å². The lowest BCUT2D eigenvalue weighted by Crippen LogP contribution is -1.97. The molecule has 34 heavy (non-hydrogen) atoms. The Kier molecular flexibility index (Phi) is 13.8. The number of ether oxygens (including phenoxy) is 2. The Morgan fingerprint density at radius 3 is 1.35 bits per heavy atom. The number of Topliss-reactive ketones (excluding diaryl/α,β-unsaturated/α-hetero) is 1.